The van der Waals surface area contributed by atoms with Gasteiger partial charge in [0.25, 0.3) is 5.91 Å². The minimum atomic E-state index is -0.541. The van der Waals surface area contributed by atoms with E-state index in [0.717, 1.165) is 12.0 Å². The van der Waals surface area contributed by atoms with Crippen molar-refractivity contribution in [2.24, 2.45) is 0 Å². The van der Waals surface area contributed by atoms with Gasteiger partial charge < -0.3 is 19.3 Å². The number of nitrogens with zero attached hydrogens (tertiary/aromatic N) is 1. The Hall–Kier alpha value is -3.85. The van der Waals surface area contributed by atoms with E-state index in [4.69, 9.17) is 44.3 Å². The molecule has 1 amide bonds. The largest absolute Gasteiger partial charge is 0.507 e. The molecular weight excluding hydrogens is 545 g/mol. The summed E-state index contributed by atoms with van der Waals surface area (Å²) in [6.45, 7) is 3.81. The van der Waals surface area contributed by atoms with Crippen LogP contribution in [-0.2, 0) is 6.42 Å². The molecule has 0 aliphatic carbocycles. The number of nitrogens with one attached hydrogen (secondary N) is 2. The summed E-state index contributed by atoms with van der Waals surface area (Å²) in [4.78, 5) is 17.3. The number of aromatic hydroxyl groups is 1. The van der Waals surface area contributed by atoms with Crippen LogP contribution in [0.3, 0.4) is 0 Å². The lowest BCUT2D eigenvalue weighted by atomic mass is 10.1. The molecule has 2 heterocycles. The second-order valence-electron chi connectivity index (χ2n) is 8.56. The molecule has 2 aromatic heterocycles. The molecule has 38 heavy (non-hydrogen) atoms. The molecule has 0 saturated carbocycles. The molecule has 0 radical (unpaired) electrons. The average molecular weight is 566 g/mol. The zero-order chi connectivity index (χ0) is 27.0. The number of halogens is 2. The van der Waals surface area contributed by atoms with Gasteiger partial charge in [0.15, 0.2) is 16.5 Å². The van der Waals surface area contributed by atoms with Crippen molar-refractivity contribution in [3.63, 3.8) is 0 Å². The Morgan fingerprint density at radius 1 is 1.03 bits per heavy atom. The summed E-state index contributed by atoms with van der Waals surface area (Å²) in [6, 6.07) is 17.3. The van der Waals surface area contributed by atoms with Gasteiger partial charge in [0.05, 0.1) is 10.6 Å². The predicted molar refractivity (Wildman–Crippen MR) is 153 cm³/mol. The summed E-state index contributed by atoms with van der Waals surface area (Å²) < 4.78 is 11.6. The van der Waals surface area contributed by atoms with Gasteiger partial charge in [-0.1, -0.05) is 36.2 Å². The molecule has 192 valence electrons. The van der Waals surface area contributed by atoms with Crippen LogP contribution in [0.5, 0.6) is 5.75 Å². The highest BCUT2D eigenvalue weighted by Crippen LogP contribution is 2.36. The highest BCUT2D eigenvalue weighted by molar-refractivity contribution is 7.80. The highest BCUT2D eigenvalue weighted by Gasteiger charge is 2.18. The number of phenols is 1. The predicted octanol–water partition coefficient (Wildman–Crippen LogP) is 7.76. The van der Waals surface area contributed by atoms with Gasteiger partial charge in [0.1, 0.15) is 17.0 Å². The van der Waals surface area contributed by atoms with Crippen LogP contribution in [0.4, 0.5) is 5.69 Å². The fraction of sp³-hybridized carbons (Fsp3) is 0.107. The second-order valence-corrected chi connectivity index (χ2v) is 9.81. The van der Waals surface area contributed by atoms with Gasteiger partial charge >= 0.3 is 0 Å². The zero-order valence-corrected chi connectivity index (χ0v) is 22.6. The SMILES string of the molecule is CCc1ccc2oc(-c3cc(NC(=S)NC(=O)c4ccc(-c5ccc(Cl)cc5Cl)o4)cc(C)c3O)nc2c1. The monoisotopic (exact) mass is 565 g/mol. The highest BCUT2D eigenvalue weighted by atomic mass is 35.5. The molecule has 3 N–H and O–H groups in total. The quantitative estimate of drug-likeness (QED) is 0.148. The van der Waals surface area contributed by atoms with Gasteiger partial charge in [-0.05, 0) is 91.3 Å². The molecule has 0 aliphatic rings. The number of fused-ring (bicyclic) bond motifs is 1. The molecule has 5 aromatic rings. The molecule has 7 nitrogen and oxygen atoms in total. The van der Waals surface area contributed by atoms with E-state index in [2.05, 4.69) is 22.5 Å². The lowest BCUT2D eigenvalue weighted by Gasteiger charge is -2.12. The first kappa shape index (κ1) is 25.8. The second kappa shape index (κ2) is 10.5. The maximum atomic E-state index is 12.7. The van der Waals surface area contributed by atoms with E-state index in [1.807, 2.05) is 18.2 Å². The molecule has 5 rings (SSSR count). The fourth-order valence-corrected chi connectivity index (χ4v) is 4.66. The number of carbonyl (C=O) groups excluding carboxylic acids is 1. The zero-order valence-electron chi connectivity index (χ0n) is 20.3. The van der Waals surface area contributed by atoms with E-state index in [9.17, 15) is 9.90 Å². The lowest BCUT2D eigenvalue weighted by molar-refractivity contribution is 0.0951. The van der Waals surface area contributed by atoms with Gasteiger partial charge in [-0.15, -0.1) is 0 Å². The Bertz CT molecular complexity index is 1710. The van der Waals surface area contributed by atoms with Gasteiger partial charge in [-0.3, -0.25) is 10.1 Å². The number of hydrogen-bond donors (Lipinski definition) is 3. The number of amides is 1. The molecule has 0 fully saturated rings. The summed E-state index contributed by atoms with van der Waals surface area (Å²) in [5.41, 5.74) is 4.56. The number of furan rings is 1. The minimum Gasteiger partial charge on any atom is -0.507 e. The molecule has 0 unspecified atom stereocenters. The van der Waals surface area contributed by atoms with Gasteiger partial charge in [0.2, 0.25) is 5.89 Å². The van der Waals surface area contributed by atoms with E-state index < -0.39 is 5.91 Å². The van der Waals surface area contributed by atoms with Crippen molar-refractivity contribution in [1.29, 1.82) is 0 Å². The molecule has 0 aliphatic heterocycles. The van der Waals surface area contributed by atoms with E-state index in [0.29, 0.717) is 49.3 Å². The summed E-state index contributed by atoms with van der Waals surface area (Å²) >= 11 is 17.5. The van der Waals surface area contributed by atoms with Gasteiger partial charge in [0, 0.05) is 16.3 Å². The Balaban J connectivity index is 1.33. The van der Waals surface area contributed by atoms with Crippen LogP contribution in [0, 0.1) is 6.92 Å². The van der Waals surface area contributed by atoms with E-state index in [-0.39, 0.29) is 22.5 Å². The van der Waals surface area contributed by atoms with Crippen LogP contribution in [0.25, 0.3) is 33.9 Å². The van der Waals surface area contributed by atoms with Crippen molar-refractivity contribution < 1.29 is 18.7 Å². The summed E-state index contributed by atoms with van der Waals surface area (Å²) in [5.74, 6) is 0.239. The average Bonchev–Trinajstić information content (AvgIpc) is 3.53. The van der Waals surface area contributed by atoms with Crippen molar-refractivity contribution in [2.75, 3.05) is 5.32 Å². The summed E-state index contributed by atoms with van der Waals surface area (Å²) in [5, 5.41) is 17.2. The van der Waals surface area contributed by atoms with Crippen LogP contribution in [0.15, 0.2) is 69.5 Å². The fourth-order valence-electron chi connectivity index (χ4n) is 3.94. The number of phenolic OH excluding ortho intramolecular Hbond substituents is 1. The first-order valence-electron chi connectivity index (χ1n) is 11.6. The Morgan fingerprint density at radius 2 is 1.84 bits per heavy atom. The summed E-state index contributed by atoms with van der Waals surface area (Å²) in [7, 11) is 0. The number of rotatable bonds is 5. The number of carbonyl (C=O) groups is 1. The van der Waals surface area contributed by atoms with Crippen LogP contribution in [-0.4, -0.2) is 21.1 Å². The first-order valence-corrected chi connectivity index (χ1v) is 12.8. The third-order valence-corrected chi connectivity index (χ3v) is 6.65. The van der Waals surface area contributed by atoms with Crippen molar-refractivity contribution in [2.45, 2.75) is 20.3 Å². The van der Waals surface area contributed by atoms with Crippen LogP contribution < -0.4 is 10.6 Å². The van der Waals surface area contributed by atoms with E-state index in [1.165, 1.54) is 6.07 Å². The molecule has 0 saturated heterocycles. The van der Waals surface area contributed by atoms with Gasteiger partial charge in [-0.2, -0.15) is 0 Å². The Kier molecular flexibility index (Phi) is 7.12. The maximum absolute atomic E-state index is 12.7. The summed E-state index contributed by atoms with van der Waals surface area (Å²) in [6.07, 6.45) is 0.874. The smallest absolute Gasteiger partial charge is 0.293 e. The number of benzene rings is 3. The van der Waals surface area contributed by atoms with Crippen LogP contribution >= 0.6 is 35.4 Å². The third-order valence-electron chi connectivity index (χ3n) is 5.90. The molecule has 3 aromatic carbocycles. The minimum absolute atomic E-state index is 0.0387. The van der Waals surface area contributed by atoms with Crippen molar-refractivity contribution >= 4 is 63.2 Å². The standard InChI is InChI=1S/C28H21Cl2N3O4S/c1-3-15-4-7-23-21(11-15)32-27(37-23)19-13-17(10-14(2)25(19)34)31-28(38)33-26(35)24-9-8-22(36-24)18-6-5-16(29)12-20(18)30/h4-13,34H,3H2,1-2H3,(H2,31,33,35,38). The number of aryl methyl sites for hydroxylation is 2. The van der Waals surface area contributed by atoms with Crippen molar-refractivity contribution in [1.82, 2.24) is 10.3 Å². The van der Waals surface area contributed by atoms with Crippen LogP contribution in [0.1, 0.15) is 28.6 Å². The number of aromatic nitrogens is 1. The number of anilines is 1. The van der Waals surface area contributed by atoms with Crippen molar-refractivity contribution in [3.8, 4) is 28.5 Å². The lowest BCUT2D eigenvalue weighted by Crippen LogP contribution is -2.33. The molecular formula is C28H21Cl2N3O4S. The number of thiocarbonyl (C=S) groups is 1. The molecule has 0 atom stereocenters. The van der Waals surface area contributed by atoms with Crippen LogP contribution in [0.2, 0.25) is 10.0 Å². The molecule has 0 bridgehead atoms. The van der Waals surface area contributed by atoms with Crippen molar-refractivity contribution in [3.05, 3.63) is 87.6 Å². The maximum Gasteiger partial charge on any atom is 0.293 e. The van der Waals surface area contributed by atoms with E-state index in [1.54, 1.807) is 43.3 Å². The third kappa shape index (κ3) is 5.24. The first-order chi connectivity index (χ1) is 18.2. The Labute approximate surface area is 233 Å². The number of hydrogen-bond acceptors (Lipinski definition) is 6. The molecule has 10 heteroatoms. The topological polar surface area (TPSA) is 101 Å². The van der Waals surface area contributed by atoms with E-state index >= 15 is 0 Å². The Morgan fingerprint density at radius 3 is 2.61 bits per heavy atom. The normalized spacial score (nSPS) is 11.1. The van der Waals surface area contributed by atoms with Gasteiger partial charge in [-0.25, -0.2) is 4.98 Å². The number of oxazole rings is 1. The molecule has 0 spiro atoms.